The fourth-order valence-corrected chi connectivity index (χ4v) is 12.7. The van der Waals surface area contributed by atoms with Crippen LogP contribution in [0.3, 0.4) is 0 Å². The number of carbonyl (C=O) groups is 1. The molecule has 22 heavy (non-hydrogen) atoms. The van der Waals surface area contributed by atoms with Gasteiger partial charge in [-0.1, -0.05) is 6.58 Å². The molecule has 0 aromatic heterocycles. The van der Waals surface area contributed by atoms with Crippen LogP contribution >= 0.6 is 0 Å². The molecule has 0 atom stereocenters. The summed E-state index contributed by atoms with van der Waals surface area (Å²) in [6, 6.07) is 3.63. The lowest BCUT2D eigenvalue weighted by atomic mass is 10.3. The van der Waals surface area contributed by atoms with E-state index in [0.29, 0.717) is 5.57 Å². The zero-order chi connectivity index (χ0) is 17.2. The van der Waals surface area contributed by atoms with E-state index in [2.05, 4.69) is 44.6 Å². The number of amides is 1. The van der Waals surface area contributed by atoms with Crippen molar-refractivity contribution in [1.29, 1.82) is 0 Å². The van der Waals surface area contributed by atoms with Gasteiger partial charge in [-0.2, -0.15) is 0 Å². The third-order valence-electron chi connectivity index (χ3n) is 3.20. The first-order valence-corrected chi connectivity index (χ1v) is 17.9. The van der Waals surface area contributed by atoms with Gasteiger partial charge in [-0.25, -0.2) is 0 Å². The zero-order valence-corrected chi connectivity index (χ0v) is 20.2. The van der Waals surface area contributed by atoms with Gasteiger partial charge >= 0.3 is 0 Å². The largest absolute Gasteiger partial charge is 0.461 e. The fraction of sp³-hybridized carbons (Fsp3) is 0.786. The molecule has 8 heteroatoms. The molecule has 1 N–H and O–H groups in total. The molecule has 0 aromatic rings. The van der Waals surface area contributed by atoms with E-state index < -0.39 is 26.4 Å². The average molecular weight is 378 g/mol. The summed E-state index contributed by atoms with van der Waals surface area (Å²) in [4.78, 5) is 11.3. The Morgan fingerprint density at radius 1 is 1.09 bits per heavy atom. The van der Waals surface area contributed by atoms with Crippen LogP contribution in [0.4, 0.5) is 0 Å². The predicted octanol–water partition coefficient (Wildman–Crippen LogP) is 2.15. The monoisotopic (exact) mass is 377 g/mol. The number of rotatable bonds is 12. The lowest BCUT2D eigenvalue weighted by Crippen LogP contribution is -2.34. The maximum Gasteiger partial charge on any atom is 0.246 e. The van der Waals surface area contributed by atoms with Crippen LogP contribution < -0.4 is 5.32 Å². The normalized spacial score (nSPS) is 13.4. The van der Waals surface area contributed by atoms with Gasteiger partial charge in [-0.15, -0.1) is 0 Å². The van der Waals surface area contributed by atoms with Crippen LogP contribution in [0.5, 0.6) is 0 Å². The van der Waals surface area contributed by atoms with Gasteiger partial charge in [0, 0.05) is 12.1 Å². The van der Waals surface area contributed by atoms with Crippen molar-refractivity contribution in [3.05, 3.63) is 12.2 Å². The highest BCUT2D eigenvalue weighted by molar-refractivity contribution is 6.76. The van der Waals surface area contributed by atoms with E-state index in [9.17, 15) is 4.79 Å². The highest BCUT2D eigenvalue weighted by Gasteiger charge is 2.22. The van der Waals surface area contributed by atoms with Crippen molar-refractivity contribution in [2.75, 3.05) is 6.54 Å². The number of hydrogen-bond donors (Lipinski definition) is 1. The van der Waals surface area contributed by atoms with E-state index in [0.717, 1.165) is 19.0 Å². The van der Waals surface area contributed by atoms with E-state index >= 15 is 0 Å². The van der Waals surface area contributed by atoms with Crippen molar-refractivity contribution in [1.82, 2.24) is 5.32 Å². The minimum absolute atomic E-state index is 0.0374. The smallest absolute Gasteiger partial charge is 0.246 e. The first-order valence-electron chi connectivity index (χ1n) is 8.25. The molecule has 0 aliphatic carbocycles. The predicted molar refractivity (Wildman–Crippen MR) is 107 cm³/mol. The molecule has 1 amide bonds. The van der Waals surface area contributed by atoms with Crippen LogP contribution in [0.15, 0.2) is 12.2 Å². The van der Waals surface area contributed by atoms with Crippen molar-refractivity contribution in [3.8, 4) is 0 Å². The van der Waals surface area contributed by atoms with Crippen molar-refractivity contribution >= 4 is 42.1 Å². The highest BCUT2D eigenvalue weighted by atomic mass is 28.4. The second-order valence-electron chi connectivity index (χ2n) is 7.42. The van der Waals surface area contributed by atoms with Gasteiger partial charge in [0.1, 0.15) is 19.5 Å². The maximum atomic E-state index is 11.3. The SMILES string of the molecule is C=C(C)C(=O)NCCC[SiH2]O[Si](C)(C)CC[SiH2]O[Si](C)(C)C. The Morgan fingerprint density at radius 3 is 2.23 bits per heavy atom. The summed E-state index contributed by atoms with van der Waals surface area (Å²) < 4.78 is 12.3. The summed E-state index contributed by atoms with van der Waals surface area (Å²) in [5.41, 5.74) is 0.576. The molecule has 0 radical (unpaired) electrons. The molecule has 4 nitrogen and oxygen atoms in total. The Bertz CT molecular complexity index is 356. The fourth-order valence-electron chi connectivity index (χ4n) is 1.88. The summed E-state index contributed by atoms with van der Waals surface area (Å²) in [6.07, 6.45) is 1.02. The van der Waals surface area contributed by atoms with Gasteiger partial charge in [0.15, 0.2) is 16.6 Å². The van der Waals surface area contributed by atoms with Crippen molar-refractivity contribution in [3.63, 3.8) is 0 Å². The van der Waals surface area contributed by atoms with E-state index in [-0.39, 0.29) is 15.7 Å². The second-order valence-corrected chi connectivity index (χ2v) is 20.2. The Kier molecular flexibility index (Phi) is 10.7. The second kappa shape index (κ2) is 10.7. The van der Waals surface area contributed by atoms with E-state index in [1.807, 2.05) is 0 Å². The van der Waals surface area contributed by atoms with E-state index in [4.69, 9.17) is 8.23 Å². The van der Waals surface area contributed by atoms with Gasteiger partial charge in [0.25, 0.3) is 0 Å². The van der Waals surface area contributed by atoms with Gasteiger partial charge in [0.05, 0.1) is 0 Å². The summed E-state index contributed by atoms with van der Waals surface area (Å²) in [5.74, 6) is -0.0374. The standard InChI is InChI=1S/C14H35NO3Si4/c1-13(2)14(16)15-9-8-10-19-18-22(6,7)12-11-20-17-21(3,4)5/h1,8-12,19-20H2,2-7H3,(H,15,16). The summed E-state index contributed by atoms with van der Waals surface area (Å²) in [5, 5.41) is 2.87. The Balaban J connectivity index is 3.63. The molecule has 0 rings (SSSR count). The van der Waals surface area contributed by atoms with Crippen LogP contribution in [-0.2, 0) is 13.0 Å². The quantitative estimate of drug-likeness (QED) is 0.322. The van der Waals surface area contributed by atoms with Crippen LogP contribution in [0.2, 0.25) is 50.9 Å². The third kappa shape index (κ3) is 13.6. The Labute approximate surface area is 143 Å². The average Bonchev–Trinajstić information content (AvgIpc) is 2.37. The van der Waals surface area contributed by atoms with Gasteiger partial charge in [-0.3, -0.25) is 4.79 Å². The molecule has 0 spiro atoms. The minimum atomic E-state index is -1.47. The molecule has 0 aliphatic rings. The van der Waals surface area contributed by atoms with Gasteiger partial charge in [0.2, 0.25) is 5.91 Å². The van der Waals surface area contributed by atoms with Crippen LogP contribution in [0.25, 0.3) is 0 Å². The lowest BCUT2D eigenvalue weighted by Gasteiger charge is -2.24. The number of nitrogens with one attached hydrogen (secondary N) is 1. The molecule has 0 aliphatic heterocycles. The molecule has 0 saturated heterocycles. The first-order chi connectivity index (χ1) is 10.0. The molecule has 0 unspecified atom stereocenters. The third-order valence-corrected chi connectivity index (χ3v) is 15.1. The zero-order valence-electron chi connectivity index (χ0n) is 15.4. The topological polar surface area (TPSA) is 47.6 Å². The molecule has 0 aromatic carbocycles. The summed E-state index contributed by atoms with van der Waals surface area (Å²) >= 11 is 0. The lowest BCUT2D eigenvalue weighted by molar-refractivity contribution is -0.117. The van der Waals surface area contributed by atoms with Crippen molar-refractivity contribution in [2.45, 2.75) is 64.2 Å². The highest BCUT2D eigenvalue weighted by Crippen LogP contribution is 2.15. The summed E-state index contributed by atoms with van der Waals surface area (Å²) in [7, 11) is -3.57. The number of hydrogen-bond acceptors (Lipinski definition) is 3. The molecule has 0 heterocycles. The molecule has 0 bridgehead atoms. The Hall–Kier alpha value is -0.00247. The summed E-state index contributed by atoms with van der Waals surface area (Å²) in [6.45, 7) is 17.5. The van der Waals surface area contributed by atoms with E-state index in [1.54, 1.807) is 6.92 Å². The molecule has 0 saturated carbocycles. The van der Waals surface area contributed by atoms with Crippen LogP contribution in [0, 0.1) is 0 Å². The Morgan fingerprint density at radius 2 is 1.68 bits per heavy atom. The van der Waals surface area contributed by atoms with Crippen molar-refractivity contribution in [2.24, 2.45) is 0 Å². The minimum Gasteiger partial charge on any atom is -0.461 e. The maximum absolute atomic E-state index is 11.3. The first kappa shape index (κ1) is 22.0. The molecule has 130 valence electrons. The molecular weight excluding hydrogens is 343 g/mol. The van der Waals surface area contributed by atoms with Gasteiger partial charge < -0.3 is 13.5 Å². The van der Waals surface area contributed by atoms with Crippen LogP contribution in [0.1, 0.15) is 13.3 Å². The number of carbonyl (C=O) groups excluding carboxylic acids is 1. The van der Waals surface area contributed by atoms with Crippen molar-refractivity contribution < 1.29 is 13.0 Å². The van der Waals surface area contributed by atoms with Crippen LogP contribution in [-0.4, -0.2) is 48.6 Å². The van der Waals surface area contributed by atoms with Gasteiger partial charge in [-0.05, 0) is 64.2 Å². The molecule has 0 fully saturated rings. The molecular formula is C14H35NO3Si4. The van der Waals surface area contributed by atoms with E-state index in [1.165, 1.54) is 12.1 Å².